The normalized spacial score (nSPS) is 15.6. The van der Waals surface area contributed by atoms with Crippen LogP contribution in [-0.4, -0.2) is 78.6 Å². The van der Waals surface area contributed by atoms with Gasteiger partial charge in [0.2, 0.25) is 0 Å². The number of nitrogens with zero attached hydrogens (tertiary/aromatic N) is 2. The highest BCUT2D eigenvalue weighted by Gasteiger charge is 2.42. The Kier molecular flexibility index (Phi) is 11.1. The highest BCUT2D eigenvalue weighted by molar-refractivity contribution is 9.10. The minimum absolute atomic E-state index is 0.0128. The van der Waals surface area contributed by atoms with Crippen LogP contribution in [0, 0.1) is 5.41 Å². The molecule has 0 aromatic rings. The largest absolute Gasteiger partial charge is 0.465 e. The van der Waals surface area contributed by atoms with E-state index >= 15 is 0 Å². The predicted octanol–water partition coefficient (Wildman–Crippen LogP) is 2.45. The Labute approximate surface area is 196 Å². The second kappa shape index (κ2) is 12.8. The predicted molar refractivity (Wildman–Crippen MR) is 119 cm³/mol. The fourth-order valence-corrected chi connectivity index (χ4v) is 3.85. The molecule has 1 rings (SSSR count). The van der Waals surface area contributed by atoms with Crippen LogP contribution < -0.4 is 0 Å². The number of carbonyl (C=O) groups is 5. The van der Waals surface area contributed by atoms with Crippen molar-refractivity contribution in [3.05, 3.63) is 0 Å². The van der Waals surface area contributed by atoms with Gasteiger partial charge in [-0.25, -0.2) is 4.79 Å². The zero-order chi connectivity index (χ0) is 24.4. The maximum absolute atomic E-state index is 12.5. The van der Waals surface area contributed by atoms with Crippen LogP contribution in [0.1, 0.15) is 52.9 Å². The first-order chi connectivity index (χ1) is 14.9. The molecule has 0 spiro atoms. The van der Waals surface area contributed by atoms with Crippen LogP contribution >= 0.6 is 15.9 Å². The summed E-state index contributed by atoms with van der Waals surface area (Å²) in [6.45, 7) is 5.57. The number of methoxy groups -OCH3 is 1. The number of rotatable bonds is 15. The minimum Gasteiger partial charge on any atom is -0.465 e. The molecule has 11 heteroatoms. The van der Waals surface area contributed by atoms with E-state index in [1.807, 2.05) is 0 Å². The highest BCUT2D eigenvalue weighted by Crippen LogP contribution is 2.36. The first-order valence-electron chi connectivity index (χ1n) is 10.3. The van der Waals surface area contributed by atoms with Crippen LogP contribution in [0.4, 0.5) is 4.79 Å². The Hall–Kier alpha value is -2.14. The van der Waals surface area contributed by atoms with Gasteiger partial charge in [-0.3, -0.25) is 24.1 Å². The number of urea groups is 1. The summed E-state index contributed by atoms with van der Waals surface area (Å²) in [4.78, 5) is 63.6. The summed E-state index contributed by atoms with van der Waals surface area (Å²) in [7, 11) is 1.50. The molecule has 1 aliphatic heterocycles. The Balaban J connectivity index is 2.29. The van der Waals surface area contributed by atoms with Gasteiger partial charge in [-0.05, 0) is 40.0 Å². The number of carbonyl (C=O) groups excluding carboxylic acids is 5. The van der Waals surface area contributed by atoms with Gasteiger partial charge in [0.25, 0.3) is 5.91 Å². The molecule has 0 radical (unpaired) electrons. The van der Waals surface area contributed by atoms with E-state index in [-0.39, 0.29) is 51.4 Å². The van der Waals surface area contributed by atoms with Crippen LogP contribution in [0.2, 0.25) is 0 Å². The van der Waals surface area contributed by atoms with Crippen molar-refractivity contribution in [3.8, 4) is 0 Å². The van der Waals surface area contributed by atoms with E-state index in [1.165, 1.54) is 7.11 Å². The van der Waals surface area contributed by atoms with Crippen molar-refractivity contribution in [2.45, 2.75) is 57.2 Å². The lowest BCUT2D eigenvalue weighted by Gasteiger charge is -2.30. The van der Waals surface area contributed by atoms with Gasteiger partial charge >= 0.3 is 18.0 Å². The third-order valence-electron chi connectivity index (χ3n) is 4.75. The summed E-state index contributed by atoms with van der Waals surface area (Å²) in [6, 6.07) is -0.653. The molecule has 1 atom stereocenters. The minimum atomic E-state index is -1.06. The van der Waals surface area contributed by atoms with E-state index in [1.54, 1.807) is 20.8 Å². The number of aliphatic imine (C=N–C) groups is 1. The Morgan fingerprint density at radius 3 is 2.25 bits per heavy atom. The fourth-order valence-electron chi connectivity index (χ4n) is 3.04. The third kappa shape index (κ3) is 9.15. The summed E-state index contributed by atoms with van der Waals surface area (Å²) in [5, 5.41) is 0. The standard InChI is InChI=1S/C21H31BrN2O8/c1-20(2,14-21(3,22)18(28)32-12-11-30-4)17(27)31-10-6-5-7-15(25)8-9-24-16(26)13-23-19(24)29/h13H,5-12,14H2,1-4H3. The second-order valence-corrected chi connectivity index (χ2v) is 10.0. The number of Topliss-reactive ketones (excluding diaryl/α,β-unsaturated/α-hetero) is 1. The SMILES string of the molecule is COCCOC(=O)C(C)(Br)CC(C)(C)C(=O)OCCCCC(=O)CCN1C(=O)C=NC1=O. The van der Waals surface area contributed by atoms with Gasteiger partial charge in [-0.15, -0.1) is 0 Å². The van der Waals surface area contributed by atoms with Gasteiger partial charge in [0, 0.05) is 26.5 Å². The molecule has 1 aliphatic rings. The van der Waals surface area contributed by atoms with Crippen LogP contribution in [0.25, 0.3) is 0 Å². The fraction of sp³-hybridized carbons (Fsp3) is 0.714. The Bertz CT molecular complexity index is 730. The van der Waals surface area contributed by atoms with Crippen molar-refractivity contribution >= 4 is 51.8 Å². The van der Waals surface area contributed by atoms with Crippen LogP contribution in [0.15, 0.2) is 4.99 Å². The number of esters is 2. The van der Waals surface area contributed by atoms with Crippen molar-refractivity contribution in [2.75, 3.05) is 33.5 Å². The average Bonchev–Trinajstić information content (AvgIpc) is 3.02. The summed E-state index contributed by atoms with van der Waals surface area (Å²) in [6.07, 6.45) is 2.42. The average molecular weight is 519 g/mol. The monoisotopic (exact) mass is 518 g/mol. The molecule has 10 nitrogen and oxygen atoms in total. The Morgan fingerprint density at radius 2 is 1.66 bits per heavy atom. The van der Waals surface area contributed by atoms with Crippen LogP contribution in [0.5, 0.6) is 0 Å². The van der Waals surface area contributed by atoms with Gasteiger partial charge < -0.3 is 14.2 Å². The van der Waals surface area contributed by atoms with E-state index in [2.05, 4.69) is 20.9 Å². The zero-order valence-electron chi connectivity index (χ0n) is 19.0. The number of ketones is 1. The number of halogens is 1. The van der Waals surface area contributed by atoms with Gasteiger partial charge in [-0.2, -0.15) is 4.99 Å². The molecule has 0 bridgehead atoms. The molecule has 3 amide bonds. The topological polar surface area (TPSA) is 129 Å². The van der Waals surface area contributed by atoms with Crippen molar-refractivity contribution in [3.63, 3.8) is 0 Å². The van der Waals surface area contributed by atoms with Gasteiger partial charge in [0.05, 0.1) is 24.8 Å². The lowest BCUT2D eigenvalue weighted by molar-refractivity contribution is -0.156. The number of hydrogen-bond acceptors (Lipinski definition) is 8. The Morgan fingerprint density at radius 1 is 1.00 bits per heavy atom. The van der Waals surface area contributed by atoms with E-state index in [0.29, 0.717) is 12.8 Å². The molecule has 1 heterocycles. The molecule has 32 heavy (non-hydrogen) atoms. The number of amides is 3. The molecule has 0 aromatic heterocycles. The van der Waals surface area contributed by atoms with Gasteiger partial charge in [0.1, 0.15) is 16.7 Å². The van der Waals surface area contributed by atoms with Crippen molar-refractivity contribution in [1.29, 1.82) is 0 Å². The molecular weight excluding hydrogens is 488 g/mol. The van der Waals surface area contributed by atoms with E-state index in [4.69, 9.17) is 14.2 Å². The zero-order valence-corrected chi connectivity index (χ0v) is 20.6. The maximum atomic E-state index is 12.5. The first kappa shape index (κ1) is 27.9. The summed E-state index contributed by atoms with van der Waals surface area (Å²) >= 11 is 3.35. The molecule has 0 saturated heterocycles. The molecule has 1 unspecified atom stereocenters. The molecule has 0 aliphatic carbocycles. The quantitative estimate of drug-likeness (QED) is 0.183. The molecule has 0 saturated carbocycles. The number of unbranched alkanes of at least 4 members (excludes halogenated alkanes) is 1. The molecule has 0 fully saturated rings. The van der Waals surface area contributed by atoms with Crippen molar-refractivity contribution in [2.24, 2.45) is 10.4 Å². The third-order valence-corrected chi connectivity index (χ3v) is 5.36. The highest BCUT2D eigenvalue weighted by atomic mass is 79.9. The number of alkyl halides is 1. The maximum Gasteiger partial charge on any atom is 0.350 e. The van der Waals surface area contributed by atoms with Crippen LogP contribution in [0.3, 0.4) is 0 Å². The van der Waals surface area contributed by atoms with Gasteiger partial charge in [-0.1, -0.05) is 15.9 Å². The van der Waals surface area contributed by atoms with Gasteiger partial charge in [0.15, 0.2) is 0 Å². The molecule has 0 N–H and O–H groups in total. The summed E-state index contributed by atoms with van der Waals surface area (Å²) < 4.78 is 14.2. The van der Waals surface area contributed by atoms with E-state index in [0.717, 1.165) is 11.1 Å². The first-order valence-corrected chi connectivity index (χ1v) is 11.1. The lowest BCUT2D eigenvalue weighted by atomic mass is 9.83. The molecule has 180 valence electrons. The van der Waals surface area contributed by atoms with E-state index in [9.17, 15) is 24.0 Å². The van der Waals surface area contributed by atoms with E-state index < -0.39 is 33.6 Å². The van der Waals surface area contributed by atoms with Crippen molar-refractivity contribution in [1.82, 2.24) is 4.90 Å². The smallest absolute Gasteiger partial charge is 0.350 e. The number of imide groups is 1. The summed E-state index contributed by atoms with van der Waals surface area (Å²) in [5.74, 6) is -1.55. The number of ether oxygens (including phenoxy) is 3. The molecular formula is C21H31BrN2O8. The lowest BCUT2D eigenvalue weighted by Crippen LogP contribution is -2.40. The van der Waals surface area contributed by atoms with Crippen molar-refractivity contribution < 1.29 is 38.2 Å². The van der Waals surface area contributed by atoms with Crippen LogP contribution in [-0.2, 0) is 33.4 Å². The summed E-state index contributed by atoms with van der Waals surface area (Å²) in [5.41, 5.74) is -0.939. The second-order valence-electron chi connectivity index (χ2n) is 8.30. The molecule has 0 aromatic carbocycles. The number of hydrogen-bond donors (Lipinski definition) is 0.